The van der Waals surface area contributed by atoms with Gasteiger partial charge in [-0.2, -0.15) is 4.98 Å². The number of benzene rings is 2. The second kappa shape index (κ2) is 11.1. The number of hydrogen-bond donors (Lipinski definition) is 2. The van der Waals surface area contributed by atoms with E-state index in [0.29, 0.717) is 48.8 Å². The van der Waals surface area contributed by atoms with E-state index in [2.05, 4.69) is 20.8 Å². The highest BCUT2D eigenvalue weighted by molar-refractivity contribution is 5.94. The van der Waals surface area contributed by atoms with E-state index < -0.39 is 0 Å². The molecule has 0 spiro atoms. The van der Waals surface area contributed by atoms with E-state index in [4.69, 9.17) is 8.94 Å². The first-order chi connectivity index (χ1) is 17.0. The zero-order valence-electron chi connectivity index (χ0n) is 19.7. The third-order valence-electron chi connectivity index (χ3n) is 5.39. The van der Waals surface area contributed by atoms with Crippen molar-refractivity contribution in [3.63, 3.8) is 0 Å². The molecule has 0 fully saturated rings. The third-order valence-corrected chi connectivity index (χ3v) is 5.39. The summed E-state index contributed by atoms with van der Waals surface area (Å²) in [6.45, 7) is 2.88. The number of nitrogens with one attached hydrogen (secondary N) is 2. The SMILES string of the molecule is Cc1cccc(NC(=O)N(C)CCc2noc(-c3ccc(C(=O)NCCc4ccco4)cc3)n2)c1. The lowest BCUT2D eigenvalue weighted by Gasteiger charge is -2.17. The maximum Gasteiger partial charge on any atom is 0.321 e. The van der Waals surface area contributed by atoms with Gasteiger partial charge in [-0.25, -0.2) is 4.79 Å². The minimum absolute atomic E-state index is 0.165. The average Bonchev–Trinajstić information content (AvgIpc) is 3.55. The number of aromatic nitrogens is 2. The molecule has 0 bridgehead atoms. The van der Waals surface area contributed by atoms with Crippen molar-refractivity contribution in [2.75, 3.05) is 25.5 Å². The van der Waals surface area contributed by atoms with Gasteiger partial charge in [-0.15, -0.1) is 0 Å². The van der Waals surface area contributed by atoms with Crippen LogP contribution in [0.3, 0.4) is 0 Å². The number of rotatable bonds is 9. The van der Waals surface area contributed by atoms with Crippen LogP contribution in [-0.4, -0.2) is 47.1 Å². The van der Waals surface area contributed by atoms with E-state index >= 15 is 0 Å². The maximum absolute atomic E-state index is 12.4. The van der Waals surface area contributed by atoms with E-state index in [1.54, 1.807) is 42.5 Å². The maximum atomic E-state index is 12.4. The number of urea groups is 1. The normalized spacial score (nSPS) is 10.7. The number of carbonyl (C=O) groups excluding carboxylic acids is 2. The lowest BCUT2D eigenvalue weighted by molar-refractivity contribution is 0.0953. The van der Waals surface area contributed by atoms with E-state index in [0.717, 1.165) is 17.0 Å². The number of nitrogens with zero attached hydrogens (tertiary/aromatic N) is 3. The molecule has 3 amide bonds. The van der Waals surface area contributed by atoms with E-state index in [1.807, 2.05) is 43.3 Å². The Bertz CT molecular complexity index is 1270. The number of anilines is 1. The number of amides is 3. The molecule has 9 nitrogen and oxygen atoms in total. The molecule has 4 rings (SSSR count). The fourth-order valence-corrected chi connectivity index (χ4v) is 3.40. The summed E-state index contributed by atoms with van der Waals surface area (Å²) in [6.07, 6.45) is 2.68. The van der Waals surface area contributed by atoms with Crippen LogP contribution < -0.4 is 10.6 Å². The van der Waals surface area contributed by atoms with Crippen LogP contribution in [0.4, 0.5) is 10.5 Å². The van der Waals surface area contributed by atoms with Crippen LogP contribution in [0.25, 0.3) is 11.5 Å². The quantitative estimate of drug-likeness (QED) is 0.374. The van der Waals surface area contributed by atoms with Gasteiger partial charge in [0.1, 0.15) is 5.76 Å². The van der Waals surface area contributed by atoms with Crippen molar-refractivity contribution in [3.8, 4) is 11.5 Å². The van der Waals surface area contributed by atoms with Gasteiger partial charge in [0, 0.05) is 49.8 Å². The van der Waals surface area contributed by atoms with Crippen molar-refractivity contribution in [1.29, 1.82) is 0 Å². The molecule has 2 heterocycles. The summed E-state index contributed by atoms with van der Waals surface area (Å²) in [7, 11) is 1.71. The Morgan fingerprint density at radius 1 is 1.03 bits per heavy atom. The molecule has 180 valence electrons. The largest absolute Gasteiger partial charge is 0.469 e. The van der Waals surface area contributed by atoms with Crippen LogP contribution in [0.5, 0.6) is 0 Å². The highest BCUT2D eigenvalue weighted by Crippen LogP contribution is 2.18. The Labute approximate surface area is 203 Å². The molecule has 0 unspecified atom stereocenters. The van der Waals surface area contributed by atoms with Crippen molar-refractivity contribution in [2.24, 2.45) is 0 Å². The van der Waals surface area contributed by atoms with Crippen molar-refractivity contribution in [3.05, 3.63) is 89.6 Å². The van der Waals surface area contributed by atoms with Crippen LogP contribution in [0, 0.1) is 6.92 Å². The van der Waals surface area contributed by atoms with Gasteiger partial charge in [-0.05, 0) is 61.0 Å². The molecular weight excluding hydrogens is 446 g/mol. The van der Waals surface area contributed by atoms with Gasteiger partial charge in [0.25, 0.3) is 11.8 Å². The van der Waals surface area contributed by atoms with Gasteiger partial charge < -0.3 is 24.5 Å². The molecular formula is C26H27N5O4. The van der Waals surface area contributed by atoms with Crippen molar-refractivity contribution >= 4 is 17.6 Å². The number of carbonyl (C=O) groups is 2. The van der Waals surface area contributed by atoms with Crippen LogP contribution in [-0.2, 0) is 12.8 Å². The Kier molecular flexibility index (Phi) is 7.57. The summed E-state index contributed by atoms with van der Waals surface area (Å²) in [5.74, 6) is 1.51. The number of likely N-dealkylation sites (N-methyl/N-ethyl adjacent to an activating group) is 1. The summed E-state index contributed by atoms with van der Waals surface area (Å²) >= 11 is 0. The standard InChI is InChI=1S/C26H27N5O4/c1-18-5-3-6-21(17-18)28-26(33)31(2)15-13-23-29-25(35-30-23)20-10-8-19(9-11-20)24(32)27-14-12-22-7-4-16-34-22/h3-11,16-17H,12-15H2,1-2H3,(H,27,32)(H,28,33). The predicted octanol–water partition coefficient (Wildman–Crippen LogP) is 4.32. The molecule has 9 heteroatoms. The van der Waals surface area contributed by atoms with E-state index in [9.17, 15) is 9.59 Å². The summed E-state index contributed by atoms with van der Waals surface area (Å²) in [5, 5.41) is 9.75. The van der Waals surface area contributed by atoms with Gasteiger partial charge in [-0.3, -0.25) is 4.79 Å². The molecule has 0 atom stereocenters. The second-order valence-electron chi connectivity index (χ2n) is 8.15. The average molecular weight is 474 g/mol. The fourth-order valence-electron chi connectivity index (χ4n) is 3.40. The molecule has 4 aromatic rings. The molecule has 0 aliphatic rings. The monoisotopic (exact) mass is 473 g/mol. The van der Waals surface area contributed by atoms with Crippen molar-refractivity contribution in [2.45, 2.75) is 19.8 Å². The number of hydrogen-bond acceptors (Lipinski definition) is 6. The summed E-state index contributed by atoms with van der Waals surface area (Å²) in [4.78, 5) is 30.7. The van der Waals surface area contributed by atoms with E-state index in [-0.39, 0.29) is 11.9 Å². The van der Waals surface area contributed by atoms with Gasteiger partial charge in [-0.1, -0.05) is 17.3 Å². The molecule has 2 N–H and O–H groups in total. The number of furan rings is 1. The Balaban J connectivity index is 1.26. The van der Waals surface area contributed by atoms with Gasteiger partial charge >= 0.3 is 6.03 Å². The van der Waals surface area contributed by atoms with Crippen LogP contribution in [0.2, 0.25) is 0 Å². The Hall–Kier alpha value is -4.40. The van der Waals surface area contributed by atoms with Gasteiger partial charge in [0.2, 0.25) is 0 Å². The molecule has 0 aliphatic carbocycles. The minimum Gasteiger partial charge on any atom is -0.469 e. The van der Waals surface area contributed by atoms with Gasteiger partial charge in [0.05, 0.1) is 6.26 Å². The Morgan fingerprint density at radius 2 is 1.86 bits per heavy atom. The van der Waals surface area contributed by atoms with Crippen LogP contribution in [0.1, 0.15) is 27.5 Å². The molecule has 2 aromatic carbocycles. The van der Waals surface area contributed by atoms with Crippen LogP contribution >= 0.6 is 0 Å². The first-order valence-electron chi connectivity index (χ1n) is 11.3. The molecule has 35 heavy (non-hydrogen) atoms. The zero-order chi connectivity index (χ0) is 24.6. The molecule has 0 radical (unpaired) electrons. The van der Waals surface area contributed by atoms with Crippen molar-refractivity contribution in [1.82, 2.24) is 20.4 Å². The predicted molar refractivity (Wildman–Crippen MR) is 131 cm³/mol. The first-order valence-corrected chi connectivity index (χ1v) is 11.3. The lowest BCUT2D eigenvalue weighted by atomic mass is 10.1. The minimum atomic E-state index is -0.211. The first kappa shape index (κ1) is 23.7. The molecule has 2 aromatic heterocycles. The number of aryl methyl sites for hydroxylation is 1. The van der Waals surface area contributed by atoms with Crippen molar-refractivity contribution < 1.29 is 18.5 Å². The smallest absolute Gasteiger partial charge is 0.321 e. The Morgan fingerprint density at radius 3 is 2.60 bits per heavy atom. The third kappa shape index (κ3) is 6.57. The highest BCUT2D eigenvalue weighted by atomic mass is 16.5. The summed E-state index contributed by atoms with van der Waals surface area (Å²) in [6, 6.07) is 18.1. The molecule has 0 saturated carbocycles. The highest BCUT2D eigenvalue weighted by Gasteiger charge is 2.14. The fraction of sp³-hybridized carbons (Fsp3) is 0.231. The van der Waals surface area contributed by atoms with E-state index in [1.165, 1.54) is 0 Å². The zero-order valence-corrected chi connectivity index (χ0v) is 19.7. The molecule has 0 aliphatic heterocycles. The summed E-state index contributed by atoms with van der Waals surface area (Å²) < 4.78 is 10.6. The van der Waals surface area contributed by atoms with Gasteiger partial charge in [0.15, 0.2) is 5.82 Å². The topological polar surface area (TPSA) is 114 Å². The summed E-state index contributed by atoms with van der Waals surface area (Å²) in [5.41, 5.74) is 3.07. The molecule has 0 saturated heterocycles. The lowest BCUT2D eigenvalue weighted by Crippen LogP contribution is -2.33. The second-order valence-corrected chi connectivity index (χ2v) is 8.15. The van der Waals surface area contributed by atoms with Crippen LogP contribution in [0.15, 0.2) is 75.9 Å².